The van der Waals surface area contributed by atoms with Crippen LogP contribution in [0.15, 0.2) is 30.4 Å². The summed E-state index contributed by atoms with van der Waals surface area (Å²) in [6.45, 7) is 5.54. The molecular formula is C22H28N3O3. The molecule has 1 aliphatic heterocycles. The highest BCUT2D eigenvalue weighted by Gasteiger charge is 2.42. The van der Waals surface area contributed by atoms with E-state index in [4.69, 9.17) is 5.73 Å². The van der Waals surface area contributed by atoms with E-state index in [1.54, 1.807) is 15.9 Å². The number of allylic oxidation sites excluding steroid dienone is 2. The monoisotopic (exact) mass is 382 g/mol. The van der Waals surface area contributed by atoms with Crippen LogP contribution in [-0.2, 0) is 20.8 Å². The lowest BCUT2D eigenvalue weighted by Gasteiger charge is -2.40. The molecule has 1 aromatic rings. The van der Waals surface area contributed by atoms with Crippen LogP contribution in [0.1, 0.15) is 43.9 Å². The third kappa shape index (κ3) is 3.68. The molecule has 28 heavy (non-hydrogen) atoms. The SMILES string of the molecule is CCN(CC)C(=O)C1CC=CCC1C(=O)N1CCc2c[c]ccc2C1C(N)=O. The average molecular weight is 382 g/mol. The molecule has 0 spiro atoms. The fraction of sp³-hybridized carbons (Fsp3) is 0.500. The molecule has 3 amide bonds. The molecule has 6 nitrogen and oxygen atoms in total. The fourth-order valence-corrected chi connectivity index (χ4v) is 4.39. The number of fused-ring (bicyclic) bond motifs is 1. The summed E-state index contributed by atoms with van der Waals surface area (Å²) in [6.07, 6.45) is 5.64. The van der Waals surface area contributed by atoms with E-state index >= 15 is 0 Å². The molecule has 0 fully saturated rings. The van der Waals surface area contributed by atoms with Crippen LogP contribution in [0, 0.1) is 17.9 Å². The van der Waals surface area contributed by atoms with Gasteiger partial charge in [0.05, 0.1) is 11.8 Å². The van der Waals surface area contributed by atoms with Gasteiger partial charge >= 0.3 is 0 Å². The van der Waals surface area contributed by atoms with Crippen LogP contribution in [0.2, 0.25) is 0 Å². The summed E-state index contributed by atoms with van der Waals surface area (Å²) >= 11 is 0. The van der Waals surface area contributed by atoms with Crippen LogP contribution >= 0.6 is 0 Å². The number of nitrogens with two attached hydrogens (primary N) is 1. The van der Waals surface area contributed by atoms with E-state index < -0.39 is 23.8 Å². The van der Waals surface area contributed by atoms with Gasteiger partial charge in [0.2, 0.25) is 17.7 Å². The number of hydrogen-bond acceptors (Lipinski definition) is 3. The molecule has 0 aromatic heterocycles. The summed E-state index contributed by atoms with van der Waals surface area (Å²) in [5, 5.41) is 0. The van der Waals surface area contributed by atoms with Crippen molar-refractivity contribution in [3.8, 4) is 0 Å². The van der Waals surface area contributed by atoms with E-state index in [0.29, 0.717) is 38.9 Å². The quantitative estimate of drug-likeness (QED) is 0.789. The summed E-state index contributed by atoms with van der Waals surface area (Å²) in [5.74, 6) is -1.54. The van der Waals surface area contributed by atoms with E-state index in [2.05, 4.69) is 6.07 Å². The standard InChI is InChI=1S/C22H28N3O3/c1-3-24(4-2)21(27)17-11-7-8-12-18(17)22(28)25-14-13-15-9-5-6-10-16(15)19(25)20(23)26/h6-10,17-19H,3-4,11-14H2,1-2H3,(H2,23,26). The lowest BCUT2D eigenvalue weighted by molar-refractivity contribution is -0.150. The van der Waals surface area contributed by atoms with Crippen molar-refractivity contribution >= 4 is 17.7 Å². The number of carbonyl (C=O) groups is 3. The minimum absolute atomic E-state index is 0.00957. The highest BCUT2D eigenvalue weighted by molar-refractivity contribution is 5.92. The van der Waals surface area contributed by atoms with Gasteiger partial charge in [-0.05, 0) is 50.3 Å². The molecule has 0 bridgehead atoms. The highest BCUT2D eigenvalue weighted by Crippen LogP contribution is 2.35. The number of nitrogens with zero attached hydrogens (tertiary/aromatic N) is 2. The second kappa shape index (κ2) is 8.59. The largest absolute Gasteiger partial charge is 0.368 e. The van der Waals surface area contributed by atoms with Gasteiger partial charge < -0.3 is 15.5 Å². The molecule has 2 N–H and O–H groups in total. The van der Waals surface area contributed by atoms with Gasteiger partial charge in [-0.2, -0.15) is 0 Å². The summed E-state index contributed by atoms with van der Waals surface area (Å²) in [5.41, 5.74) is 7.46. The lowest BCUT2D eigenvalue weighted by atomic mass is 9.80. The summed E-state index contributed by atoms with van der Waals surface area (Å²) in [6, 6.07) is 7.62. The first-order valence-electron chi connectivity index (χ1n) is 10.0. The Kier molecular flexibility index (Phi) is 6.17. The van der Waals surface area contributed by atoms with E-state index in [1.165, 1.54) is 0 Å². The van der Waals surface area contributed by atoms with Crippen LogP contribution in [0.5, 0.6) is 0 Å². The number of carbonyl (C=O) groups excluding carboxylic acids is 3. The molecule has 0 saturated carbocycles. The topological polar surface area (TPSA) is 83.7 Å². The molecule has 2 aliphatic rings. The molecule has 1 aromatic carbocycles. The number of benzene rings is 1. The van der Waals surface area contributed by atoms with E-state index in [9.17, 15) is 14.4 Å². The van der Waals surface area contributed by atoms with Crippen molar-refractivity contribution in [2.24, 2.45) is 17.6 Å². The van der Waals surface area contributed by atoms with E-state index in [-0.39, 0.29) is 11.8 Å². The first kappa shape index (κ1) is 20.1. The molecule has 6 heteroatoms. The molecule has 3 unspecified atom stereocenters. The van der Waals surface area contributed by atoms with Crippen molar-refractivity contribution < 1.29 is 14.4 Å². The zero-order chi connectivity index (χ0) is 20.3. The van der Waals surface area contributed by atoms with Crippen LogP contribution < -0.4 is 5.73 Å². The Bertz CT molecular complexity index is 785. The minimum Gasteiger partial charge on any atom is -0.368 e. The summed E-state index contributed by atoms with van der Waals surface area (Å²) in [7, 11) is 0. The number of amides is 3. The zero-order valence-electron chi connectivity index (χ0n) is 16.6. The highest BCUT2D eigenvalue weighted by atomic mass is 16.2. The van der Waals surface area contributed by atoms with Gasteiger partial charge in [-0.25, -0.2) is 0 Å². The van der Waals surface area contributed by atoms with Gasteiger partial charge in [-0.3, -0.25) is 14.4 Å². The second-order valence-electron chi connectivity index (χ2n) is 7.38. The molecule has 0 saturated heterocycles. The van der Waals surface area contributed by atoms with Crippen molar-refractivity contribution in [3.05, 3.63) is 47.5 Å². The minimum atomic E-state index is -0.791. The molecule has 1 aliphatic carbocycles. The van der Waals surface area contributed by atoms with Gasteiger partial charge in [-0.15, -0.1) is 0 Å². The van der Waals surface area contributed by atoms with Gasteiger partial charge in [0.1, 0.15) is 6.04 Å². The van der Waals surface area contributed by atoms with E-state index in [0.717, 1.165) is 11.1 Å². The average Bonchev–Trinajstić information content (AvgIpc) is 2.73. The van der Waals surface area contributed by atoms with Crippen LogP contribution in [0.3, 0.4) is 0 Å². The maximum absolute atomic E-state index is 13.5. The Hall–Kier alpha value is -2.63. The fourth-order valence-electron chi connectivity index (χ4n) is 4.39. The van der Waals surface area contributed by atoms with Gasteiger partial charge in [0.15, 0.2) is 0 Å². The third-order valence-corrected chi connectivity index (χ3v) is 5.91. The van der Waals surface area contributed by atoms with Crippen molar-refractivity contribution in [1.82, 2.24) is 9.80 Å². The van der Waals surface area contributed by atoms with Crippen molar-refractivity contribution in [2.45, 2.75) is 39.2 Å². The van der Waals surface area contributed by atoms with Gasteiger partial charge in [-0.1, -0.05) is 30.4 Å². The Morgan fingerprint density at radius 1 is 1.18 bits per heavy atom. The summed E-state index contributed by atoms with van der Waals surface area (Å²) in [4.78, 5) is 42.1. The maximum Gasteiger partial charge on any atom is 0.244 e. The summed E-state index contributed by atoms with van der Waals surface area (Å²) < 4.78 is 0. The van der Waals surface area contributed by atoms with Crippen LogP contribution in [0.4, 0.5) is 0 Å². The number of primary amides is 1. The normalized spacial score (nSPS) is 23.8. The number of hydrogen-bond donors (Lipinski definition) is 1. The lowest BCUT2D eigenvalue weighted by Crippen LogP contribution is -2.51. The van der Waals surface area contributed by atoms with Gasteiger partial charge in [0.25, 0.3) is 0 Å². The molecule has 3 atom stereocenters. The third-order valence-electron chi connectivity index (χ3n) is 5.91. The van der Waals surface area contributed by atoms with Crippen molar-refractivity contribution in [3.63, 3.8) is 0 Å². The maximum atomic E-state index is 13.5. The molecule has 3 rings (SSSR count). The first-order valence-corrected chi connectivity index (χ1v) is 10.0. The smallest absolute Gasteiger partial charge is 0.244 e. The van der Waals surface area contributed by atoms with Crippen molar-refractivity contribution in [2.75, 3.05) is 19.6 Å². The Morgan fingerprint density at radius 3 is 2.50 bits per heavy atom. The van der Waals surface area contributed by atoms with Crippen molar-refractivity contribution in [1.29, 1.82) is 0 Å². The molecule has 149 valence electrons. The Morgan fingerprint density at radius 2 is 1.86 bits per heavy atom. The predicted octanol–water partition coefficient (Wildman–Crippen LogP) is 1.85. The molecular weight excluding hydrogens is 354 g/mol. The van der Waals surface area contributed by atoms with E-state index in [1.807, 2.05) is 38.1 Å². The Balaban J connectivity index is 1.90. The van der Waals surface area contributed by atoms with Crippen LogP contribution in [0.25, 0.3) is 0 Å². The number of rotatable bonds is 5. The van der Waals surface area contributed by atoms with Crippen LogP contribution in [-0.4, -0.2) is 47.2 Å². The molecule has 1 heterocycles. The molecule has 1 radical (unpaired) electrons. The Labute approximate surface area is 166 Å². The second-order valence-corrected chi connectivity index (χ2v) is 7.38. The zero-order valence-corrected chi connectivity index (χ0v) is 16.6. The predicted molar refractivity (Wildman–Crippen MR) is 106 cm³/mol. The first-order chi connectivity index (χ1) is 13.5. The van der Waals surface area contributed by atoms with Gasteiger partial charge in [0, 0.05) is 19.6 Å².